The molecule has 3 unspecified atom stereocenters. The molecule has 1 N–H and O–H groups in total. The lowest BCUT2D eigenvalue weighted by Gasteiger charge is -2.26. The van der Waals surface area contributed by atoms with Crippen LogP contribution < -0.4 is 23.7 Å². The number of methoxy groups -OCH3 is 3. The number of nitrogens with zero attached hydrogens (tertiary/aromatic N) is 1. The molecule has 2 saturated heterocycles. The maximum absolute atomic E-state index is 13.7. The van der Waals surface area contributed by atoms with Gasteiger partial charge in [-0.25, -0.2) is 8.42 Å². The molecule has 2 aromatic carbocycles. The molecule has 0 spiro atoms. The highest BCUT2D eigenvalue weighted by Crippen LogP contribution is 2.48. The predicted octanol–water partition coefficient (Wildman–Crippen LogP) is 4.74. The minimum atomic E-state index is -3.82. The van der Waals surface area contributed by atoms with E-state index in [1.807, 2.05) is 25.1 Å². The standard InChI is InChI=1S/C33H49NO10S/c1-6-14-43-33-30(42-15-7-11-34-12-16-41-17-13-34)21-25(22-31(33)45(36,37)18-10-23(2)35)27-9-8-26(44-27)24-19-28(38-3)32(40-5)29(20-24)39-4/h19-23,26-27,35H,6-18H2,1-5H3. The predicted molar refractivity (Wildman–Crippen MR) is 170 cm³/mol. The van der Waals surface area contributed by atoms with Crippen molar-refractivity contribution >= 4 is 9.84 Å². The summed E-state index contributed by atoms with van der Waals surface area (Å²) in [5.74, 6) is 1.97. The third-order valence-corrected chi connectivity index (χ3v) is 9.81. The number of rotatable bonds is 17. The Bertz CT molecular complexity index is 1320. The van der Waals surface area contributed by atoms with E-state index in [1.54, 1.807) is 34.3 Å². The van der Waals surface area contributed by atoms with Crippen LogP contribution in [0.1, 0.15) is 69.3 Å². The fourth-order valence-corrected chi connectivity index (χ4v) is 7.24. The van der Waals surface area contributed by atoms with Gasteiger partial charge >= 0.3 is 0 Å². The topological polar surface area (TPSA) is 122 Å². The molecule has 11 nitrogen and oxygen atoms in total. The van der Waals surface area contributed by atoms with E-state index < -0.39 is 15.9 Å². The van der Waals surface area contributed by atoms with Gasteiger partial charge in [-0.15, -0.1) is 0 Å². The number of hydrogen-bond donors (Lipinski definition) is 1. The molecule has 2 aromatic rings. The first kappa shape index (κ1) is 35.1. The number of hydrogen-bond acceptors (Lipinski definition) is 11. The van der Waals surface area contributed by atoms with Gasteiger partial charge in [-0.3, -0.25) is 4.90 Å². The molecule has 45 heavy (non-hydrogen) atoms. The molecule has 0 radical (unpaired) electrons. The van der Waals surface area contributed by atoms with Gasteiger partial charge in [0.25, 0.3) is 0 Å². The van der Waals surface area contributed by atoms with Crippen molar-refractivity contribution in [1.29, 1.82) is 0 Å². The summed E-state index contributed by atoms with van der Waals surface area (Å²) in [4.78, 5) is 2.40. The van der Waals surface area contributed by atoms with Crippen molar-refractivity contribution in [1.82, 2.24) is 4.90 Å². The highest BCUT2D eigenvalue weighted by molar-refractivity contribution is 7.91. The monoisotopic (exact) mass is 651 g/mol. The van der Waals surface area contributed by atoms with Crippen molar-refractivity contribution in [3.63, 3.8) is 0 Å². The van der Waals surface area contributed by atoms with E-state index in [2.05, 4.69) is 4.90 Å². The number of benzene rings is 2. The summed E-state index contributed by atoms with van der Waals surface area (Å²) in [5, 5.41) is 9.87. The normalized spacial score (nSPS) is 19.7. The molecule has 12 heteroatoms. The Hall–Kier alpha value is -2.77. The fraction of sp³-hybridized carbons (Fsp3) is 0.636. The Balaban J connectivity index is 1.64. The Morgan fingerprint density at radius 3 is 2.09 bits per heavy atom. The molecule has 0 aliphatic carbocycles. The molecule has 0 bridgehead atoms. The zero-order chi connectivity index (χ0) is 32.4. The van der Waals surface area contributed by atoms with E-state index in [-0.39, 0.29) is 35.0 Å². The van der Waals surface area contributed by atoms with Crippen LogP contribution in [0.25, 0.3) is 0 Å². The molecule has 2 heterocycles. The number of sulfone groups is 1. The maximum Gasteiger partial charge on any atom is 0.203 e. The SMILES string of the molecule is CCCOc1c(OCCCN2CCOCC2)cc(C2CCC(c3cc(OC)c(OC)c(OC)c3)O2)cc1S(=O)(=O)CCC(C)O. The van der Waals surface area contributed by atoms with Crippen LogP contribution in [-0.2, 0) is 19.3 Å². The molecule has 252 valence electrons. The van der Waals surface area contributed by atoms with Crippen LogP contribution in [0.3, 0.4) is 0 Å². The van der Waals surface area contributed by atoms with Crippen molar-refractivity contribution in [3.8, 4) is 28.7 Å². The van der Waals surface area contributed by atoms with E-state index in [9.17, 15) is 13.5 Å². The van der Waals surface area contributed by atoms with Crippen molar-refractivity contribution in [2.45, 2.75) is 69.2 Å². The van der Waals surface area contributed by atoms with E-state index in [1.165, 1.54) is 0 Å². The maximum atomic E-state index is 13.7. The molecular formula is C33H49NO10S. The first-order chi connectivity index (χ1) is 21.7. The highest BCUT2D eigenvalue weighted by Gasteiger charge is 2.33. The van der Waals surface area contributed by atoms with E-state index in [4.69, 9.17) is 33.2 Å². The van der Waals surface area contributed by atoms with Gasteiger partial charge in [-0.2, -0.15) is 0 Å². The quantitative estimate of drug-likeness (QED) is 0.239. The van der Waals surface area contributed by atoms with E-state index in [0.717, 1.165) is 44.8 Å². The average Bonchev–Trinajstić information content (AvgIpc) is 3.55. The molecule has 2 aliphatic heterocycles. The molecule has 3 atom stereocenters. The molecule has 0 amide bonds. The van der Waals surface area contributed by atoms with Crippen LogP contribution in [-0.4, -0.2) is 97.7 Å². The summed E-state index contributed by atoms with van der Waals surface area (Å²) in [7, 11) is 0.887. The van der Waals surface area contributed by atoms with Gasteiger partial charge in [0.2, 0.25) is 5.75 Å². The molecule has 2 fully saturated rings. The molecule has 4 rings (SSSR count). The van der Waals surface area contributed by atoms with Crippen LogP contribution in [0.15, 0.2) is 29.2 Å². The summed E-state index contributed by atoms with van der Waals surface area (Å²) in [6.07, 6.45) is 1.55. The van der Waals surface area contributed by atoms with Crippen molar-refractivity contribution < 1.29 is 46.7 Å². The van der Waals surface area contributed by atoms with Crippen molar-refractivity contribution in [2.75, 3.05) is 73.1 Å². The average molecular weight is 652 g/mol. The van der Waals surface area contributed by atoms with Gasteiger partial charge in [0, 0.05) is 19.6 Å². The lowest BCUT2D eigenvalue weighted by Crippen LogP contribution is -2.37. The second kappa shape index (κ2) is 16.7. The number of morpholine rings is 1. The van der Waals surface area contributed by atoms with Gasteiger partial charge in [0.15, 0.2) is 32.8 Å². The third-order valence-electron chi connectivity index (χ3n) is 8.06. The largest absolute Gasteiger partial charge is 0.493 e. The minimum Gasteiger partial charge on any atom is -0.493 e. The Morgan fingerprint density at radius 1 is 0.889 bits per heavy atom. The van der Waals surface area contributed by atoms with Crippen LogP contribution in [0, 0.1) is 0 Å². The van der Waals surface area contributed by atoms with E-state index >= 15 is 0 Å². The molecule has 0 saturated carbocycles. The van der Waals surface area contributed by atoms with Crippen LogP contribution in [0.4, 0.5) is 0 Å². The minimum absolute atomic E-state index is 0.0668. The van der Waals surface area contributed by atoms with Gasteiger partial charge in [0.05, 0.1) is 71.8 Å². The summed E-state index contributed by atoms with van der Waals surface area (Å²) in [5.41, 5.74) is 1.58. The zero-order valence-electron chi connectivity index (χ0n) is 27.2. The lowest BCUT2D eigenvalue weighted by atomic mass is 10.0. The van der Waals surface area contributed by atoms with Crippen LogP contribution in [0.5, 0.6) is 28.7 Å². The zero-order valence-corrected chi connectivity index (χ0v) is 28.0. The number of aliphatic hydroxyl groups is 1. The summed E-state index contributed by atoms with van der Waals surface area (Å²) >= 11 is 0. The van der Waals surface area contributed by atoms with Crippen LogP contribution >= 0.6 is 0 Å². The number of aliphatic hydroxyl groups excluding tert-OH is 1. The Kier molecular flexibility index (Phi) is 13.0. The lowest BCUT2D eigenvalue weighted by molar-refractivity contribution is 0.0357. The third kappa shape index (κ3) is 9.16. The first-order valence-electron chi connectivity index (χ1n) is 15.8. The fourth-order valence-electron chi connectivity index (χ4n) is 5.61. The second-order valence-corrected chi connectivity index (χ2v) is 13.5. The summed E-state index contributed by atoms with van der Waals surface area (Å²) in [6, 6.07) is 7.27. The van der Waals surface area contributed by atoms with Gasteiger partial charge in [0.1, 0.15) is 4.90 Å². The number of ether oxygens (including phenoxy) is 7. The Morgan fingerprint density at radius 2 is 1.51 bits per heavy atom. The van der Waals surface area contributed by atoms with Gasteiger partial charge in [-0.1, -0.05) is 6.92 Å². The van der Waals surface area contributed by atoms with Crippen LogP contribution in [0.2, 0.25) is 0 Å². The van der Waals surface area contributed by atoms with E-state index in [0.29, 0.717) is 61.0 Å². The van der Waals surface area contributed by atoms with Crippen molar-refractivity contribution in [3.05, 3.63) is 35.4 Å². The molecular weight excluding hydrogens is 602 g/mol. The summed E-state index contributed by atoms with van der Waals surface area (Å²) in [6.45, 7) is 8.37. The Labute approximate surface area is 267 Å². The first-order valence-corrected chi connectivity index (χ1v) is 17.5. The van der Waals surface area contributed by atoms with Crippen molar-refractivity contribution in [2.24, 2.45) is 0 Å². The van der Waals surface area contributed by atoms with Gasteiger partial charge in [-0.05, 0) is 74.4 Å². The summed E-state index contributed by atoms with van der Waals surface area (Å²) < 4.78 is 68.4. The molecule has 2 aliphatic rings. The molecule has 0 aromatic heterocycles. The smallest absolute Gasteiger partial charge is 0.203 e. The highest BCUT2D eigenvalue weighted by atomic mass is 32.2. The van der Waals surface area contributed by atoms with Gasteiger partial charge < -0.3 is 38.3 Å². The second-order valence-electron chi connectivity index (χ2n) is 11.5.